The van der Waals surface area contributed by atoms with Crippen molar-refractivity contribution in [3.05, 3.63) is 0 Å². The maximum absolute atomic E-state index is 3.72. The summed E-state index contributed by atoms with van der Waals surface area (Å²) in [5.41, 5.74) is 0.488. The van der Waals surface area contributed by atoms with Gasteiger partial charge in [-0.2, -0.15) is 0 Å². The third kappa shape index (κ3) is 5.34. The smallest absolute Gasteiger partial charge is 0.00954 e. The molecule has 0 radical (unpaired) electrons. The predicted molar refractivity (Wildman–Crippen MR) is 72.7 cm³/mol. The fourth-order valence-corrected chi connectivity index (χ4v) is 2.89. The molecule has 0 saturated heterocycles. The fourth-order valence-electron chi connectivity index (χ4n) is 2.89. The molecule has 1 nitrogen and oxygen atoms in total. The lowest BCUT2D eigenvalue weighted by Gasteiger charge is -2.32. The van der Waals surface area contributed by atoms with Gasteiger partial charge in [0.1, 0.15) is 0 Å². The number of nitrogens with one attached hydrogen (secondary N) is 1. The van der Waals surface area contributed by atoms with E-state index in [1.165, 1.54) is 44.9 Å². The standard InChI is InChI=1S/C15H31N/c1-5-16-14(11-12-15(2,3)4)13-9-7-6-8-10-13/h13-14,16H,5-12H2,1-4H3. The summed E-state index contributed by atoms with van der Waals surface area (Å²) in [5.74, 6) is 0.955. The lowest BCUT2D eigenvalue weighted by Crippen LogP contribution is -2.37. The summed E-state index contributed by atoms with van der Waals surface area (Å²) >= 11 is 0. The van der Waals surface area contributed by atoms with Gasteiger partial charge < -0.3 is 5.32 Å². The molecule has 1 atom stereocenters. The van der Waals surface area contributed by atoms with Crippen LogP contribution in [0.25, 0.3) is 0 Å². The van der Waals surface area contributed by atoms with Gasteiger partial charge in [-0.3, -0.25) is 0 Å². The van der Waals surface area contributed by atoms with E-state index in [-0.39, 0.29) is 0 Å². The Morgan fingerprint density at radius 2 is 1.75 bits per heavy atom. The van der Waals surface area contributed by atoms with Crippen LogP contribution in [0.15, 0.2) is 0 Å². The molecule has 16 heavy (non-hydrogen) atoms. The third-order valence-corrected chi connectivity index (χ3v) is 3.89. The summed E-state index contributed by atoms with van der Waals surface area (Å²) in [7, 11) is 0. The molecular formula is C15H31N. The summed E-state index contributed by atoms with van der Waals surface area (Å²) in [6, 6.07) is 0.782. The van der Waals surface area contributed by atoms with E-state index in [9.17, 15) is 0 Å². The lowest BCUT2D eigenvalue weighted by atomic mass is 9.79. The highest BCUT2D eigenvalue weighted by atomic mass is 14.9. The molecular weight excluding hydrogens is 194 g/mol. The molecule has 0 bridgehead atoms. The Bertz CT molecular complexity index is 174. The van der Waals surface area contributed by atoms with Crippen molar-refractivity contribution in [2.24, 2.45) is 11.3 Å². The highest BCUT2D eigenvalue weighted by Gasteiger charge is 2.24. The maximum Gasteiger partial charge on any atom is 0.00954 e. The molecule has 1 rings (SSSR count). The highest BCUT2D eigenvalue weighted by Crippen LogP contribution is 2.30. The van der Waals surface area contributed by atoms with Crippen molar-refractivity contribution in [1.82, 2.24) is 5.32 Å². The van der Waals surface area contributed by atoms with Gasteiger partial charge in [0.15, 0.2) is 0 Å². The van der Waals surface area contributed by atoms with Gasteiger partial charge in [-0.25, -0.2) is 0 Å². The molecule has 1 unspecified atom stereocenters. The number of hydrogen-bond donors (Lipinski definition) is 1. The molecule has 0 aromatic carbocycles. The molecule has 1 N–H and O–H groups in total. The van der Waals surface area contributed by atoms with Gasteiger partial charge in [0.05, 0.1) is 0 Å². The van der Waals surface area contributed by atoms with E-state index in [0.29, 0.717) is 5.41 Å². The molecule has 0 aliphatic heterocycles. The minimum Gasteiger partial charge on any atom is -0.314 e. The van der Waals surface area contributed by atoms with Crippen LogP contribution < -0.4 is 5.32 Å². The zero-order valence-corrected chi connectivity index (χ0v) is 11.8. The SMILES string of the molecule is CCNC(CCC(C)(C)C)C1CCCCC1. The van der Waals surface area contributed by atoms with E-state index in [2.05, 4.69) is 33.0 Å². The molecule has 1 aliphatic rings. The van der Waals surface area contributed by atoms with Crippen LogP contribution in [0.1, 0.15) is 72.6 Å². The van der Waals surface area contributed by atoms with Gasteiger partial charge in [0.25, 0.3) is 0 Å². The Labute approximate surface area is 102 Å². The van der Waals surface area contributed by atoms with Crippen molar-refractivity contribution in [3.8, 4) is 0 Å². The van der Waals surface area contributed by atoms with Crippen LogP contribution in [0.4, 0.5) is 0 Å². The predicted octanol–water partition coefficient (Wildman–Crippen LogP) is 4.37. The zero-order chi connectivity index (χ0) is 12.0. The normalized spacial score (nSPS) is 21.0. The summed E-state index contributed by atoms with van der Waals surface area (Å²) in [5, 5.41) is 3.72. The summed E-state index contributed by atoms with van der Waals surface area (Å²) < 4.78 is 0. The van der Waals surface area contributed by atoms with E-state index < -0.39 is 0 Å². The Morgan fingerprint density at radius 3 is 2.25 bits per heavy atom. The third-order valence-electron chi connectivity index (χ3n) is 3.89. The average Bonchev–Trinajstić information content (AvgIpc) is 2.24. The molecule has 0 amide bonds. The molecule has 0 spiro atoms. The first-order valence-electron chi connectivity index (χ1n) is 7.26. The fraction of sp³-hybridized carbons (Fsp3) is 1.00. The van der Waals surface area contributed by atoms with Gasteiger partial charge in [-0.1, -0.05) is 47.0 Å². The van der Waals surface area contributed by atoms with E-state index in [1.807, 2.05) is 0 Å². The van der Waals surface area contributed by atoms with Crippen molar-refractivity contribution >= 4 is 0 Å². The molecule has 1 heteroatoms. The van der Waals surface area contributed by atoms with Crippen LogP contribution >= 0.6 is 0 Å². The molecule has 0 aromatic heterocycles. The lowest BCUT2D eigenvalue weighted by molar-refractivity contribution is 0.233. The average molecular weight is 225 g/mol. The number of rotatable bonds is 5. The van der Waals surface area contributed by atoms with Crippen LogP contribution in [0.3, 0.4) is 0 Å². The quantitative estimate of drug-likeness (QED) is 0.732. The largest absolute Gasteiger partial charge is 0.314 e. The molecule has 0 heterocycles. The van der Waals surface area contributed by atoms with Crippen molar-refractivity contribution in [2.75, 3.05) is 6.54 Å². The Balaban J connectivity index is 2.39. The van der Waals surface area contributed by atoms with Crippen molar-refractivity contribution in [1.29, 1.82) is 0 Å². The topological polar surface area (TPSA) is 12.0 Å². The van der Waals surface area contributed by atoms with Gasteiger partial charge in [0.2, 0.25) is 0 Å². The van der Waals surface area contributed by atoms with Gasteiger partial charge in [0, 0.05) is 6.04 Å². The Kier molecular flexibility index (Phi) is 5.82. The van der Waals surface area contributed by atoms with Crippen LogP contribution in [0.5, 0.6) is 0 Å². The first kappa shape index (κ1) is 14.0. The van der Waals surface area contributed by atoms with Crippen LogP contribution in [-0.4, -0.2) is 12.6 Å². The van der Waals surface area contributed by atoms with E-state index in [0.717, 1.165) is 18.5 Å². The minimum atomic E-state index is 0.488. The summed E-state index contributed by atoms with van der Waals surface area (Å²) in [6.45, 7) is 10.4. The van der Waals surface area contributed by atoms with E-state index in [4.69, 9.17) is 0 Å². The van der Waals surface area contributed by atoms with Crippen LogP contribution in [0.2, 0.25) is 0 Å². The number of hydrogen-bond acceptors (Lipinski definition) is 1. The van der Waals surface area contributed by atoms with E-state index >= 15 is 0 Å². The second kappa shape index (κ2) is 6.64. The minimum absolute atomic E-state index is 0.488. The second-order valence-corrected chi connectivity index (χ2v) is 6.66. The van der Waals surface area contributed by atoms with E-state index in [1.54, 1.807) is 0 Å². The second-order valence-electron chi connectivity index (χ2n) is 6.66. The molecule has 1 fully saturated rings. The monoisotopic (exact) mass is 225 g/mol. The van der Waals surface area contributed by atoms with Crippen molar-refractivity contribution in [3.63, 3.8) is 0 Å². The molecule has 1 saturated carbocycles. The molecule has 1 aliphatic carbocycles. The van der Waals surface area contributed by atoms with Gasteiger partial charge >= 0.3 is 0 Å². The highest BCUT2D eigenvalue weighted by molar-refractivity contribution is 4.80. The van der Waals surface area contributed by atoms with Crippen molar-refractivity contribution < 1.29 is 0 Å². The van der Waals surface area contributed by atoms with Gasteiger partial charge in [-0.05, 0) is 43.6 Å². The maximum atomic E-state index is 3.72. The first-order valence-corrected chi connectivity index (χ1v) is 7.26. The molecule has 96 valence electrons. The zero-order valence-electron chi connectivity index (χ0n) is 11.8. The van der Waals surface area contributed by atoms with Crippen LogP contribution in [-0.2, 0) is 0 Å². The molecule has 0 aromatic rings. The summed E-state index contributed by atoms with van der Waals surface area (Å²) in [4.78, 5) is 0. The van der Waals surface area contributed by atoms with Crippen LogP contribution in [0, 0.1) is 11.3 Å². The van der Waals surface area contributed by atoms with Gasteiger partial charge in [-0.15, -0.1) is 0 Å². The Hall–Kier alpha value is -0.0400. The Morgan fingerprint density at radius 1 is 1.12 bits per heavy atom. The van der Waals surface area contributed by atoms with Crippen molar-refractivity contribution in [2.45, 2.75) is 78.7 Å². The first-order chi connectivity index (χ1) is 7.53. The summed E-state index contributed by atoms with van der Waals surface area (Å²) in [6.07, 6.45) is 10.0.